The van der Waals surface area contributed by atoms with Crippen molar-refractivity contribution in [3.8, 4) is 11.5 Å². The van der Waals surface area contributed by atoms with Crippen molar-refractivity contribution in [1.82, 2.24) is 4.57 Å². The number of carbonyl (C=O) groups is 2. The van der Waals surface area contributed by atoms with Crippen LogP contribution in [0.5, 0.6) is 11.5 Å². The maximum absolute atomic E-state index is 14.0. The molecule has 0 fully saturated rings. The molecule has 37 heavy (non-hydrogen) atoms. The van der Waals surface area contributed by atoms with Crippen molar-refractivity contribution in [2.24, 2.45) is 7.05 Å². The van der Waals surface area contributed by atoms with Gasteiger partial charge in [0.1, 0.15) is 17.1 Å². The van der Waals surface area contributed by atoms with E-state index in [9.17, 15) is 14.4 Å². The molecule has 0 saturated heterocycles. The predicted molar refractivity (Wildman–Crippen MR) is 140 cm³/mol. The molecule has 0 amide bonds. The van der Waals surface area contributed by atoms with E-state index in [-0.39, 0.29) is 5.43 Å². The average Bonchev–Trinajstić information content (AvgIpc) is 2.86. The zero-order valence-corrected chi connectivity index (χ0v) is 21.3. The molecule has 8 nitrogen and oxygen atoms in total. The third kappa shape index (κ3) is 3.80. The number of fused-ring (bicyclic) bond motifs is 5. The first-order valence-corrected chi connectivity index (χ1v) is 11.8. The largest absolute Gasteiger partial charge is 0.496 e. The van der Waals surface area contributed by atoms with Crippen molar-refractivity contribution < 1.29 is 28.5 Å². The summed E-state index contributed by atoms with van der Waals surface area (Å²) in [5.41, 5.74) is 0.235. The molecule has 3 aromatic carbocycles. The molecule has 1 aliphatic heterocycles. The van der Waals surface area contributed by atoms with Crippen LogP contribution >= 0.6 is 0 Å². The van der Waals surface area contributed by atoms with Crippen LogP contribution in [0, 0.1) is 0 Å². The third-order valence-electron chi connectivity index (χ3n) is 6.84. The summed E-state index contributed by atoms with van der Waals surface area (Å²) in [6.45, 7) is 8.22. The number of benzene rings is 3. The molecule has 0 unspecified atom stereocenters. The van der Waals surface area contributed by atoms with Gasteiger partial charge in [0.15, 0.2) is 12.2 Å². The summed E-state index contributed by atoms with van der Waals surface area (Å²) < 4.78 is 25.3. The summed E-state index contributed by atoms with van der Waals surface area (Å²) in [5, 5.41) is 2.72. The van der Waals surface area contributed by atoms with Gasteiger partial charge in [-0.15, -0.1) is 0 Å². The summed E-state index contributed by atoms with van der Waals surface area (Å²) in [6.07, 6.45) is -1.04. The molecule has 0 radical (unpaired) electrons. The number of esters is 2. The second kappa shape index (κ2) is 8.65. The zero-order chi connectivity index (χ0) is 26.6. The van der Waals surface area contributed by atoms with Crippen molar-refractivity contribution in [3.63, 3.8) is 0 Å². The first-order chi connectivity index (χ1) is 17.6. The van der Waals surface area contributed by atoms with Crippen LogP contribution in [0.3, 0.4) is 0 Å². The number of ether oxygens (including phenoxy) is 4. The van der Waals surface area contributed by atoms with E-state index in [4.69, 9.17) is 18.9 Å². The van der Waals surface area contributed by atoms with E-state index in [1.165, 1.54) is 14.0 Å². The van der Waals surface area contributed by atoms with Crippen LogP contribution in [0.15, 0.2) is 59.9 Å². The highest BCUT2D eigenvalue weighted by Crippen LogP contribution is 2.49. The van der Waals surface area contributed by atoms with Gasteiger partial charge in [-0.2, -0.15) is 0 Å². The molecule has 1 aliphatic rings. The molecule has 2 atom stereocenters. The minimum Gasteiger partial charge on any atom is -0.496 e. The molecule has 190 valence electrons. The van der Waals surface area contributed by atoms with Gasteiger partial charge in [0.25, 0.3) is 0 Å². The fourth-order valence-corrected chi connectivity index (χ4v) is 5.20. The number of pyridine rings is 1. The molecule has 0 N–H and O–H groups in total. The SMILES string of the molecule is C=CC(=O)O[C@H]1[C@@H](OC(C)=O)c2c(cc(OC)c3c(=O)c4cc5ccccc5cc4n(C)c23)OC1(C)C. The smallest absolute Gasteiger partial charge is 0.330 e. The summed E-state index contributed by atoms with van der Waals surface area (Å²) in [4.78, 5) is 38.5. The molecule has 5 rings (SSSR count). The lowest BCUT2D eigenvalue weighted by Crippen LogP contribution is -2.52. The van der Waals surface area contributed by atoms with Crippen LogP contribution in [-0.2, 0) is 26.1 Å². The van der Waals surface area contributed by atoms with Crippen LogP contribution in [0.25, 0.3) is 32.6 Å². The van der Waals surface area contributed by atoms with Gasteiger partial charge in [0, 0.05) is 31.5 Å². The Morgan fingerprint density at radius 1 is 1.11 bits per heavy atom. The maximum Gasteiger partial charge on any atom is 0.330 e. The Balaban J connectivity index is 1.94. The summed E-state index contributed by atoms with van der Waals surface area (Å²) in [6, 6.07) is 13.2. The van der Waals surface area contributed by atoms with E-state index in [2.05, 4.69) is 6.58 Å². The second-order valence-corrected chi connectivity index (χ2v) is 9.62. The summed E-state index contributed by atoms with van der Waals surface area (Å²) >= 11 is 0. The molecule has 0 aliphatic carbocycles. The number of methoxy groups -OCH3 is 1. The van der Waals surface area contributed by atoms with Crippen LogP contribution in [0.1, 0.15) is 32.4 Å². The standard InChI is InChI=1S/C29H27NO7/c1-7-22(32)36-28-27(35-15(2)31)24-21(37-29(28,3)4)14-20(34-6)23-25(24)30(5)19-13-17-11-9-8-10-16(17)12-18(19)26(23)33/h7-14,27-28H,1H2,2-6H3/t27-,28-/m0/s1. The van der Waals surface area contributed by atoms with Gasteiger partial charge in [0.05, 0.1) is 29.1 Å². The van der Waals surface area contributed by atoms with Crippen LogP contribution in [0.2, 0.25) is 0 Å². The molecule has 4 aromatic rings. The Hall–Kier alpha value is -4.33. The molecular weight excluding hydrogens is 474 g/mol. The number of carbonyl (C=O) groups excluding carboxylic acids is 2. The first-order valence-electron chi connectivity index (χ1n) is 11.8. The van der Waals surface area contributed by atoms with Gasteiger partial charge in [-0.05, 0) is 36.8 Å². The Labute approximate surface area is 213 Å². The van der Waals surface area contributed by atoms with E-state index in [0.29, 0.717) is 38.9 Å². The fraction of sp³-hybridized carbons (Fsp3) is 0.276. The average molecular weight is 502 g/mol. The van der Waals surface area contributed by atoms with Crippen LogP contribution < -0.4 is 14.9 Å². The van der Waals surface area contributed by atoms with Crippen molar-refractivity contribution in [2.45, 2.75) is 38.6 Å². The number of aromatic nitrogens is 1. The topological polar surface area (TPSA) is 93.1 Å². The summed E-state index contributed by atoms with van der Waals surface area (Å²) in [7, 11) is 3.31. The highest BCUT2D eigenvalue weighted by atomic mass is 16.6. The molecule has 0 bridgehead atoms. The van der Waals surface area contributed by atoms with E-state index in [1.54, 1.807) is 19.9 Å². The van der Waals surface area contributed by atoms with Crippen molar-refractivity contribution in [3.05, 3.63) is 70.9 Å². The van der Waals surface area contributed by atoms with E-state index in [1.807, 2.05) is 48.0 Å². The van der Waals surface area contributed by atoms with Gasteiger partial charge < -0.3 is 23.5 Å². The van der Waals surface area contributed by atoms with Gasteiger partial charge in [0.2, 0.25) is 5.43 Å². The van der Waals surface area contributed by atoms with Gasteiger partial charge >= 0.3 is 11.9 Å². The van der Waals surface area contributed by atoms with Crippen molar-refractivity contribution >= 4 is 44.5 Å². The number of rotatable bonds is 4. The van der Waals surface area contributed by atoms with E-state index < -0.39 is 29.7 Å². The third-order valence-corrected chi connectivity index (χ3v) is 6.84. The quantitative estimate of drug-likeness (QED) is 0.227. The number of aryl methyl sites for hydroxylation is 1. The maximum atomic E-state index is 14.0. The molecule has 0 saturated carbocycles. The normalized spacial score (nSPS) is 18.2. The van der Waals surface area contributed by atoms with Crippen LogP contribution in [0.4, 0.5) is 0 Å². The summed E-state index contributed by atoms with van der Waals surface area (Å²) in [5.74, 6) is -0.579. The first kappa shape index (κ1) is 24.4. The fourth-order valence-electron chi connectivity index (χ4n) is 5.20. The number of nitrogens with zero attached hydrogens (tertiary/aromatic N) is 1. The molecular formula is C29H27NO7. The molecule has 2 heterocycles. The van der Waals surface area contributed by atoms with Gasteiger partial charge in [-0.1, -0.05) is 30.8 Å². The number of hydrogen-bond acceptors (Lipinski definition) is 7. The minimum atomic E-state index is -1.09. The lowest BCUT2D eigenvalue weighted by atomic mass is 9.86. The zero-order valence-electron chi connectivity index (χ0n) is 21.3. The van der Waals surface area contributed by atoms with E-state index >= 15 is 0 Å². The number of hydrogen-bond donors (Lipinski definition) is 0. The van der Waals surface area contributed by atoms with E-state index in [0.717, 1.165) is 16.8 Å². The van der Waals surface area contributed by atoms with Gasteiger partial charge in [-0.25, -0.2) is 4.79 Å². The highest BCUT2D eigenvalue weighted by Gasteiger charge is 2.50. The Kier molecular flexibility index (Phi) is 5.70. The highest BCUT2D eigenvalue weighted by molar-refractivity contribution is 6.04. The van der Waals surface area contributed by atoms with Crippen LogP contribution in [-0.4, -0.2) is 35.3 Å². The predicted octanol–water partition coefficient (Wildman–Crippen LogP) is 4.73. The molecule has 0 spiro atoms. The van der Waals surface area contributed by atoms with Crippen molar-refractivity contribution in [1.29, 1.82) is 0 Å². The monoisotopic (exact) mass is 501 g/mol. The van der Waals surface area contributed by atoms with Crippen molar-refractivity contribution in [2.75, 3.05) is 7.11 Å². The second-order valence-electron chi connectivity index (χ2n) is 9.62. The minimum absolute atomic E-state index is 0.237. The van der Waals surface area contributed by atoms with Gasteiger partial charge in [-0.3, -0.25) is 9.59 Å². The molecule has 1 aromatic heterocycles. The Morgan fingerprint density at radius 3 is 2.41 bits per heavy atom. The lowest BCUT2D eigenvalue weighted by molar-refractivity contribution is -0.185. The lowest BCUT2D eigenvalue weighted by Gasteiger charge is -2.43. The Morgan fingerprint density at radius 2 is 1.78 bits per heavy atom. The molecule has 8 heteroatoms. The Bertz CT molecular complexity index is 1680.